The van der Waals surface area contributed by atoms with E-state index in [2.05, 4.69) is 157 Å². The van der Waals surface area contributed by atoms with Crippen molar-refractivity contribution < 1.29 is 0 Å². The topological polar surface area (TPSA) is 3.24 Å². The average Bonchev–Trinajstić information content (AvgIpc) is 2.99. The van der Waals surface area contributed by atoms with Gasteiger partial charge in [0, 0.05) is 22.5 Å². The smallest absolute Gasteiger partial charge is 0.247 e. The third kappa shape index (κ3) is 4.28. The van der Waals surface area contributed by atoms with Gasteiger partial charge in [-0.15, -0.1) is 0 Å². The Hall–Kier alpha value is -4.04. The summed E-state index contributed by atoms with van der Waals surface area (Å²) in [5.41, 5.74) is 19.7. The first-order valence-electron chi connectivity index (χ1n) is 16.8. The number of aryl methyl sites for hydroxylation is 2. The van der Waals surface area contributed by atoms with Crippen LogP contribution in [0.15, 0.2) is 97.1 Å². The van der Waals surface area contributed by atoms with Crippen LogP contribution in [-0.4, -0.2) is 6.71 Å². The van der Waals surface area contributed by atoms with Gasteiger partial charge < -0.3 is 4.90 Å². The second-order valence-corrected chi connectivity index (χ2v) is 16.2. The highest BCUT2D eigenvalue weighted by Gasteiger charge is 2.47. The van der Waals surface area contributed by atoms with Crippen LogP contribution in [-0.2, 0) is 29.1 Å². The minimum Gasteiger partial charge on any atom is -0.311 e. The van der Waals surface area contributed by atoms with E-state index in [1.807, 2.05) is 0 Å². The number of hydrogen-bond donors (Lipinski definition) is 0. The molecule has 0 unspecified atom stereocenters. The number of fused-ring (bicyclic) bond motifs is 5. The first-order valence-corrected chi connectivity index (χ1v) is 16.8. The first kappa shape index (κ1) is 28.4. The Morgan fingerprint density at radius 2 is 1.22 bits per heavy atom. The van der Waals surface area contributed by atoms with Gasteiger partial charge in [-0.1, -0.05) is 134 Å². The first-order chi connectivity index (χ1) is 21.3. The lowest BCUT2D eigenvalue weighted by molar-refractivity contribution is 0.590. The third-order valence-electron chi connectivity index (χ3n) is 10.9. The van der Waals surface area contributed by atoms with Crippen LogP contribution in [0.25, 0.3) is 11.1 Å². The van der Waals surface area contributed by atoms with Crippen molar-refractivity contribution in [2.75, 3.05) is 4.90 Å². The molecule has 0 radical (unpaired) electrons. The summed E-state index contributed by atoms with van der Waals surface area (Å²) < 4.78 is 0. The van der Waals surface area contributed by atoms with Gasteiger partial charge in [-0.2, -0.15) is 0 Å². The molecule has 8 rings (SSSR count). The quantitative estimate of drug-likeness (QED) is 0.183. The Labute approximate surface area is 270 Å². The van der Waals surface area contributed by atoms with Gasteiger partial charge in [-0.25, -0.2) is 0 Å². The minimum atomic E-state index is -0.119. The molecule has 2 aliphatic heterocycles. The largest absolute Gasteiger partial charge is 0.311 e. The van der Waals surface area contributed by atoms with Gasteiger partial charge in [0.25, 0.3) is 0 Å². The number of hydrogen-bond acceptors (Lipinski definition) is 1. The summed E-state index contributed by atoms with van der Waals surface area (Å²) in [6.07, 6.45) is 2.40. The number of rotatable bonds is 2. The van der Waals surface area contributed by atoms with E-state index in [9.17, 15) is 0 Å². The fraction of sp³-hybridized carbons (Fsp3) is 0.302. The Balaban J connectivity index is 1.47. The van der Waals surface area contributed by atoms with Gasteiger partial charge in [0.15, 0.2) is 0 Å². The molecule has 0 saturated carbocycles. The fourth-order valence-corrected chi connectivity index (χ4v) is 8.09. The number of anilines is 3. The third-order valence-corrected chi connectivity index (χ3v) is 10.9. The van der Waals surface area contributed by atoms with Crippen molar-refractivity contribution in [3.63, 3.8) is 0 Å². The molecule has 0 amide bonds. The van der Waals surface area contributed by atoms with Gasteiger partial charge in [0.05, 0.1) is 0 Å². The van der Waals surface area contributed by atoms with E-state index < -0.39 is 0 Å². The highest BCUT2D eigenvalue weighted by Crippen LogP contribution is 2.46. The van der Waals surface area contributed by atoms with Crippen LogP contribution >= 0.6 is 0 Å². The van der Waals surface area contributed by atoms with E-state index in [1.165, 1.54) is 79.7 Å². The average molecular weight is 586 g/mol. The van der Waals surface area contributed by atoms with Crippen molar-refractivity contribution in [1.29, 1.82) is 0 Å². The lowest BCUT2D eigenvalue weighted by atomic mass is 9.29. The summed E-state index contributed by atoms with van der Waals surface area (Å²) in [4.78, 5) is 2.57. The molecule has 5 aromatic carbocycles. The maximum absolute atomic E-state index is 2.58. The molecule has 0 aromatic heterocycles. The molecule has 5 aromatic rings. The number of nitrogens with zero attached hydrogens (tertiary/aromatic N) is 1. The van der Waals surface area contributed by atoms with E-state index in [4.69, 9.17) is 0 Å². The summed E-state index contributed by atoms with van der Waals surface area (Å²) in [6.45, 7) is 19.0. The van der Waals surface area contributed by atoms with Crippen molar-refractivity contribution >= 4 is 40.2 Å². The zero-order valence-electron chi connectivity index (χ0n) is 28.2. The van der Waals surface area contributed by atoms with Gasteiger partial charge in [-0.3, -0.25) is 0 Å². The Bertz CT molecular complexity index is 1980. The molecule has 0 saturated heterocycles. The van der Waals surface area contributed by atoms with Crippen molar-refractivity contribution in [1.82, 2.24) is 0 Å². The van der Waals surface area contributed by atoms with Gasteiger partial charge in [-0.05, 0) is 103 Å². The van der Waals surface area contributed by atoms with Crippen molar-refractivity contribution in [3.8, 4) is 11.1 Å². The van der Waals surface area contributed by atoms with Gasteiger partial charge in [0.1, 0.15) is 0 Å². The summed E-state index contributed by atoms with van der Waals surface area (Å²) in [6, 6.07) is 37.8. The molecule has 0 fully saturated rings. The predicted molar refractivity (Wildman–Crippen MR) is 195 cm³/mol. The molecular formula is C43H44BN. The van der Waals surface area contributed by atoms with Crippen LogP contribution in [0.2, 0.25) is 0 Å². The van der Waals surface area contributed by atoms with Crippen LogP contribution in [0.4, 0.5) is 17.1 Å². The minimum absolute atomic E-state index is 0.0612. The van der Waals surface area contributed by atoms with Gasteiger partial charge in [0.2, 0.25) is 6.71 Å². The van der Waals surface area contributed by atoms with Crippen LogP contribution in [0, 0.1) is 0 Å². The standard InChI is InChI=1S/C43H44BN/c1-41(2,3)31-16-19-33(20-17-31)45-38-21-18-32(42(4,5)6)26-37(38)44-36-24-29-15-14-28(29)22-34(36)43(7,8)35-23-30(25-39(45)40(35)44)27-12-10-9-11-13-27/h9-13,16-26H,14-15H2,1-8H3. The van der Waals surface area contributed by atoms with Crippen LogP contribution < -0.4 is 21.3 Å². The zero-order valence-corrected chi connectivity index (χ0v) is 28.2. The Kier molecular flexibility index (Phi) is 6.00. The Morgan fingerprint density at radius 3 is 1.87 bits per heavy atom. The highest BCUT2D eigenvalue weighted by atomic mass is 15.2. The molecule has 3 aliphatic rings. The second-order valence-electron chi connectivity index (χ2n) is 16.2. The Morgan fingerprint density at radius 1 is 0.578 bits per heavy atom. The SMILES string of the molecule is CC(C)(C)c1ccc(N2c3ccc(C(C)(C)C)cc3B3c4cc5c(cc4C(C)(C)c4cc(-c6ccccc6)cc2c43)CC5)cc1. The molecule has 2 heteroatoms. The van der Waals surface area contributed by atoms with Crippen LogP contribution in [0.1, 0.15) is 88.8 Å². The van der Waals surface area contributed by atoms with Crippen LogP contribution in [0.3, 0.4) is 0 Å². The van der Waals surface area contributed by atoms with E-state index in [0.29, 0.717) is 0 Å². The maximum atomic E-state index is 2.58. The second kappa shape index (κ2) is 9.49. The highest BCUT2D eigenvalue weighted by molar-refractivity contribution is 6.99. The summed E-state index contributed by atoms with van der Waals surface area (Å²) in [7, 11) is 0. The zero-order chi connectivity index (χ0) is 31.5. The molecule has 0 bridgehead atoms. The summed E-state index contributed by atoms with van der Waals surface area (Å²) in [5.74, 6) is 0. The van der Waals surface area contributed by atoms with Crippen molar-refractivity contribution in [2.24, 2.45) is 0 Å². The molecule has 1 nitrogen and oxygen atoms in total. The van der Waals surface area contributed by atoms with E-state index in [-0.39, 0.29) is 23.0 Å². The predicted octanol–water partition coefficient (Wildman–Crippen LogP) is 8.99. The van der Waals surface area contributed by atoms with Gasteiger partial charge >= 0.3 is 0 Å². The molecule has 224 valence electrons. The number of benzene rings is 5. The molecular weight excluding hydrogens is 541 g/mol. The molecule has 0 N–H and O–H groups in total. The van der Waals surface area contributed by atoms with E-state index in [0.717, 1.165) is 0 Å². The molecule has 1 aliphatic carbocycles. The monoisotopic (exact) mass is 585 g/mol. The van der Waals surface area contributed by atoms with Crippen molar-refractivity contribution in [3.05, 3.63) is 130 Å². The van der Waals surface area contributed by atoms with E-state index in [1.54, 1.807) is 11.1 Å². The molecule has 0 spiro atoms. The normalized spacial score (nSPS) is 15.9. The lowest BCUT2D eigenvalue weighted by Gasteiger charge is -2.47. The van der Waals surface area contributed by atoms with Crippen LogP contribution in [0.5, 0.6) is 0 Å². The molecule has 2 heterocycles. The summed E-state index contributed by atoms with van der Waals surface area (Å²) in [5, 5.41) is 0. The molecule has 45 heavy (non-hydrogen) atoms. The maximum Gasteiger partial charge on any atom is 0.247 e. The molecule has 0 atom stereocenters. The summed E-state index contributed by atoms with van der Waals surface area (Å²) >= 11 is 0. The van der Waals surface area contributed by atoms with Crippen molar-refractivity contribution in [2.45, 2.75) is 84.5 Å². The van der Waals surface area contributed by atoms with E-state index >= 15 is 0 Å². The lowest BCUT2D eigenvalue weighted by Crippen LogP contribution is -2.64. The fourth-order valence-electron chi connectivity index (χ4n) is 8.09.